The number of hydrogen-bond donors (Lipinski definition) is 2. The monoisotopic (exact) mass is 570 g/mol. The van der Waals surface area contributed by atoms with Gasteiger partial charge in [0.15, 0.2) is 6.29 Å². The predicted octanol–water partition coefficient (Wildman–Crippen LogP) is 5.18. The molecule has 3 saturated heterocycles. The molecule has 2 aromatic carbocycles. The van der Waals surface area contributed by atoms with Crippen LogP contribution in [0.4, 0.5) is 5.69 Å². The van der Waals surface area contributed by atoms with Crippen LogP contribution in [-0.4, -0.2) is 70.7 Å². The lowest BCUT2D eigenvalue weighted by Gasteiger charge is -2.43. The van der Waals surface area contributed by atoms with Gasteiger partial charge in [-0.25, -0.2) is 0 Å². The topological polar surface area (TPSA) is 87.2 Å². The number of hydrogen-bond acceptors (Lipinski definition) is 7. The maximum absolute atomic E-state index is 12.8. The SMILES string of the molecule is CC1C(CN2CCCC2CN2CCCC2)OC(c2cccc(NC(=O)c3cccnc3)c2)OC1c1ccc(CO)cc1. The summed E-state index contributed by atoms with van der Waals surface area (Å²) in [5.74, 6) is -0.0834. The second-order valence-corrected chi connectivity index (χ2v) is 11.9. The van der Waals surface area contributed by atoms with E-state index in [0.29, 0.717) is 17.3 Å². The van der Waals surface area contributed by atoms with Crippen LogP contribution in [0.3, 0.4) is 0 Å². The lowest BCUT2D eigenvalue weighted by molar-refractivity contribution is -0.276. The Morgan fingerprint density at radius 1 is 0.976 bits per heavy atom. The molecule has 0 bridgehead atoms. The van der Waals surface area contributed by atoms with Gasteiger partial charge in [-0.3, -0.25) is 14.7 Å². The summed E-state index contributed by atoms with van der Waals surface area (Å²) in [7, 11) is 0. The minimum absolute atomic E-state index is 0.0145. The van der Waals surface area contributed by atoms with E-state index in [9.17, 15) is 9.90 Å². The first-order chi connectivity index (χ1) is 20.6. The van der Waals surface area contributed by atoms with Gasteiger partial charge in [0.25, 0.3) is 5.91 Å². The molecule has 5 unspecified atom stereocenters. The number of pyridine rings is 1. The second kappa shape index (κ2) is 13.4. The van der Waals surface area contributed by atoms with Gasteiger partial charge < -0.3 is 24.8 Å². The van der Waals surface area contributed by atoms with Crippen LogP contribution in [0.1, 0.15) is 72.0 Å². The zero-order chi connectivity index (χ0) is 28.9. The van der Waals surface area contributed by atoms with Gasteiger partial charge in [-0.2, -0.15) is 0 Å². The van der Waals surface area contributed by atoms with Gasteiger partial charge in [0.2, 0.25) is 0 Å². The van der Waals surface area contributed by atoms with Crippen molar-refractivity contribution in [3.8, 4) is 0 Å². The Hall–Kier alpha value is -3.14. The molecule has 4 heterocycles. The number of aliphatic hydroxyl groups is 1. The lowest BCUT2D eigenvalue weighted by atomic mass is 9.90. The Morgan fingerprint density at radius 2 is 1.81 bits per heavy atom. The van der Waals surface area contributed by atoms with Crippen LogP contribution < -0.4 is 5.32 Å². The summed E-state index contributed by atoms with van der Waals surface area (Å²) < 4.78 is 13.4. The zero-order valence-electron chi connectivity index (χ0n) is 24.4. The molecular formula is C34H42N4O4. The fraction of sp³-hybridized carbons (Fsp3) is 0.471. The molecule has 8 nitrogen and oxygen atoms in total. The number of ether oxygens (including phenoxy) is 2. The van der Waals surface area contributed by atoms with Gasteiger partial charge in [-0.05, 0) is 80.7 Å². The third-order valence-corrected chi connectivity index (χ3v) is 9.04. The summed E-state index contributed by atoms with van der Waals surface area (Å²) in [4.78, 5) is 22.1. The summed E-state index contributed by atoms with van der Waals surface area (Å²) in [6, 6.07) is 19.8. The van der Waals surface area contributed by atoms with E-state index in [4.69, 9.17) is 9.47 Å². The molecule has 2 N–H and O–H groups in total. The first-order valence-electron chi connectivity index (χ1n) is 15.4. The fourth-order valence-electron chi connectivity index (χ4n) is 6.63. The van der Waals surface area contributed by atoms with Crippen LogP contribution in [0.25, 0.3) is 0 Å². The van der Waals surface area contributed by atoms with E-state index < -0.39 is 6.29 Å². The van der Waals surface area contributed by atoms with Crippen LogP contribution in [0, 0.1) is 5.92 Å². The third kappa shape index (κ3) is 6.74. The van der Waals surface area contributed by atoms with Crippen molar-refractivity contribution in [1.82, 2.24) is 14.8 Å². The zero-order valence-corrected chi connectivity index (χ0v) is 24.4. The molecule has 0 saturated carbocycles. The first kappa shape index (κ1) is 29.0. The number of likely N-dealkylation sites (tertiary alicyclic amines) is 2. The molecule has 1 amide bonds. The summed E-state index contributed by atoms with van der Waals surface area (Å²) in [5, 5.41) is 12.6. The smallest absolute Gasteiger partial charge is 0.257 e. The summed E-state index contributed by atoms with van der Waals surface area (Å²) in [6.45, 7) is 7.78. The molecule has 222 valence electrons. The molecule has 1 aromatic heterocycles. The second-order valence-electron chi connectivity index (χ2n) is 11.9. The largest absolute Gasteiger partial charge is 0.392 e. The molecule has 0 spiro atoms. The van der Waals surface area contributed by atoms with Gasteiger partial charge in [-0.15, -0.1) is 0 Å². The van der Waals surface area contributed by atoms with Crippen LogP contribution >= 0.6 is 0 Å². The average Bonchev–Trinajstić information content (AvgIpc) is 3.71. The van der Waals surface area contributed by atoms with Crippen LogP contribution in [0.2, 0.25) is 0 Å². The fourth-order valence-corrected chi connectivity index (χ4v) is 6.63. The molecule has 8 heteroatoms. The number of carbonyl (C=O) groups excluding carboxylic acids is 1. The Kier molecular flexibility index (Phi) is 9.27. The molecule has 3 aromatic rings. The predicted molar refractivity (Wildman–Crippen MR) is 162 cm³/mol. The number of aromatic nitrogens is 1. The number of anilines is 1. The summed E-state index contributed by atoms with van der Waals surface area (Å²) in [5.41, 5.74) is 4.00. The Labute approximate surface area is 248 Å². The van der Waals surface area contributed by atoms with Gasteiger partial charge in [0.1, 0.15) is 0 Å². The van der Waals surface area contributed by atoms with Crippen LogP contribution in [0.15, 0.2) is 73.1 Å². The maximum atomic E-state index is 12.8. The highest BCUT2D eigenvalue weighted by Gasteiger charge is 2.41. The minimum Gasteiger partial charge on any atom is -0.392 e. The molecule has 3 fully saturated rings. The number of nitrogens with one attached hydrogen (secondary N) is 1. The van der Waals surface area contributed by atoms with E-state index >= 15 is 0 Å². The standard InChI is InChI=1S/C34H42N4O4/c1-24-31(22-38-18-6-10-30(38)21-37-16-2-3-17-37)41-34(42-32(24)26-13-11-25(23-39)12-14-26)27-7-4-9-29(19-27)36-33(40)28-8-5-15-35-20-28/h4-5,7-9,11-15,19-20,24,30-32,34,39H,2-3,6,10,16-18,21-23H2,1H3,(H,36,40). The first-order valence-corrected chi connectivity index (χ1v) is 15.4. The highest BCUT2D eigenvalue weighted by Crippen LogP contribution is 2.42. The van der Waals surface area contributed by atoms with Crippen LogP contribution in [-0.2, 0) is 16.1 Å². The summed E-state index contributed by atoms with van der Waals surface area (Å²) in [6.07, 6.45) is 7.52. The normalized spacial score (nSPS) is 26.9. The number of benzene rings is 2. The van der Waals surface area contributed by atoms with Crippen LogP contribution in [0.5, 0.6) is 0 Å². The van der Waals surface area contributed by atoms with Crippen molar-refractivity contribution in [1.29, 1.82) is 0 Å². The number of amides is 1. The number of nitrogens with zero attached hydrogens (tertiary/aromatic N) is 3. The molecule has 3 aliphatic rings. The third-order valence-electron chi connectivity index (χ3n) is 9.04. The van der Waals surface area contributed by atoms with Crippen molar-refractivity contribution in [2.75, 3.05) is 38.0 Å². The van der Waals surface area contributed by atoms with E-state index in [-0.39, 0.29) is 30.6 Å². The molecular weight excluding hydrogens is 528 g/mol. The summed E-state index contributed by atoms with van der Waals surface area (Å²) >= 11 is 0. The Balaban J connectivity index is 1.23. The highest BCUT2D eigenvalue weighted by molar-refractivity contribution is 6.04. The number of rotatable bonds is 9. The van der Waals surface area contributed by atoms with Crippen molar-refractivity contribution in [3.05, 3.63) is 95.3 Å². The van der Waals surface area contributed by atoms with E-state index in [1.165, 1.54) is 38.8 Å². The molecule has 42 heavy (non-hydrogen) atoms. The van der Waals surface area contributed by atoms with Gasteiger partial charge in [0, 0.05) is 48.7 Å². The minimum atomic E-state index is -0.580. The van der Waals surface area contributed by atoms with E-state index in [0.717, 1.165) is 36.3 Å². The molecule has 0 aliphatic carbocycles. The van der Waals surface area contributed by atoms with Gasteiger partial charge in [0.05, 0.1) is 24.4 Å². The quantitative estimate of drug-likeness (QED) is 0.367. The van der Waals surface area contributed by atoms with Gasteiger partial charge >= 0.3 is 0 Å². The van der Waals surface area contributed by atoms with Gasteiger partial charge in [-0.1, -0.05) is 43.3 Å². The number of carbonyl (C=O) groups is 1. The Bertz CT molecular complexity index is 1310. The number of aliphatic hydroxyl groups excluding tert-OH is 1. The highest BCUT2D eigenvalue weighted by atomic mass is 16.7. The lowest BCUT2D eigenvalue weighted by Crippen LogP contribution is -2.48. The van der Waals surface area contributed by atoms with Crippen molar-refractivity contribution in [2.24, 2.45) is 5.92 Å². The van der Waals surface area contributed by atoms with Crippen molar-refractivity contribution >= 4 is 11.6 Å². The molecule has 0 radical (unpaired) electrons. The van der Waals surface area contributed by atoms with E-state index in [1.54, 1.807) is 24.5 Å². The van der Waals surface area contributed by atoms with Crippen molar-refractivity contribution in [2.45, 2.75) is 63.8 Å². The average molecular weight is 571 g/mol. The molecule has 3 aliphatic heterocycles. The van der Waals surface area contributed by atoms with Crippen molar-refractivity contribution < 1.29 is 19.4 Å². The van der Waals surface area contributed by atoms with E-state index in [2.05, 4.69) is 39.2 Å². The Morgan fingerprint density at radius 3 is 2.57 bits per heavy atom. The maximum Gasteiger partial charge on any atom is 0.257 e. The molecule has 6 rings (SSSR count). The molecule has 5 atom stereocenters. The van der Waals surface area contributed by atoms with E-state index in [1.807, 2.05) is 36.4 Å². The van der Waals surface area contributed by atoms with Crippen molar-refractivity contribution in [3.63, 3.8) is 0 Å².